The first-order chi connectivity index (χ1) is 5.27. The van der Waals surface area contributed by atoms with Gasteiger partial charge < -0.3 is 5.32 Å². The molecule has 2 nitrogen and oxygen atoms in total. The number of rotatable bonds is 4. The van der Waals surface area contributed by atoms with Crippen LogP contribution in [0.1, 0.15) is 33.1 Å². The number of nitrogens with one attached hydrogen (secondary N) is 1. The Morgan fingerprint density at radius 1 is 1.45 bits per heavy atom. The molecule has 0 aliphatic heterocycles. The van der Waals surface area contributed by atoms with Crippen LogP contribution in [0.4, 0.5) is 0 Å². The zero-order valence-electron chi connectivity index (χ0n) is 7.39. The lowest BCUT2D eigenvalue weighted by atomic mass is 10.2. The van der Waals surface area contributed by atoms with E-state index < -0.39 is 0 Å². The van der Waals surface area contributed by atoms with Crippen LogP contribution in [0.5, 0.6) is 0 Å². The molecular formula is C9H17NO. The summed E-state index contributed by atoms with van der Waals surface area (Å²) >= 11 is 0. The number of hydrogen-bond donors (Lipinski definition) is 1. The molecule has 1 fully saturated rings. The van der Waals surface area contributed by atoms with Gasteiger partial charge in [0.05, 0.1) is 0 Å². The van der Waals surface area contributed by atoms with E-state index in [1.54, 1.807) is 0 Å². The zero-order chi connectivity index (χ0) is 8.27. The minimum absolute atomic E-state index is 0.187. The summed E-state index contributed by atoms with van der Waals surface area (Å²) < 4.78 is 0. The maximum Gasteiger partial charge on any atom is 0.219 e. The van der Waals surface area contributed by atoms with Gasteiger partial charge in [0.2, 0.25) is 5.91 Å². The molecule has 2 atom stereocenters. The lowest BCUT2D eigenvalue weighted by Gasteiger charge is -2.00. The van der Waals surface area contributed by atoms with E-state index in [4.69, 9.17) is 0 Å². The predicted octanol–water partition coefficient (Wildman–Crippen LogP) is 1.56. The molecule has 0 spiro atoms. The second-order valence-electron chi connectivity index (χ2n) is 3.32. The van der Waals surface area contributed by atoms with Crippen molar-refractivity contribution in [2.75, 3.05) is 6.54 Å². The second kappa shape index (κ2) is 3.74. The normalized spacial score (nSPS) is 28.2. The minimum atomic E-state index is 0.187. The highest BCUT2D eigenvalue weighted by Gasteiger charge is 2.34. The van der Waals surface area contributed by atoms with Gasteiger partial charge in [-0.2, -0.15) is 0 Å². The van der Waals surface area contributed by atoms with Gasteiger partial charge in [-0.05, 0) is 18.3 Å². The van der Waals surface area contributed by atoms with Crippen LogP contribution in [-0.2, 0) is 4.79 Å². The summed E-state index contributed by atoms with van der Waals surface area (Å²) in [5, 5.41) is 2.92. The lowest BCUT2D eigenvalue weighted by molar-refractivity contribution is -0.120. The van der Waals surface area contributed by atoms with Crippen molar-refractivity contribution < 1.29 is 4.79 Å². The first-order valence-electron chi connectivity index (χ1n) is 4.54. The Morgan fingerprint density at radius 2 is 2.18 bits per heavy atom. The number of amides is 1. The molecule has 64 valence electrons. The molecule has 1 aliphatic rings. The minimum Gasteiger partial charge on any atom is -0.356 e. The van der Waals surface area contributed by atoms with Gasteiger partial charge in [-0.15, -0.1) is 0 Å². The molecule has 1 amide bonds. The maximum absolute atomic E-state index is 10.8. The van der Waals surface area contributed by atoms with Crippen LogP contribution in [0.15, 0.2) is 0 Å². The molecule has 1 aliphatic carbocycles. The smallest absolute Gasteiger partial charge is 0.219 e. The fourth-order valence-electron chi connectivity index (χ4n) is 1.43. The molecule has 0 saturated heterocycles. The molecule has 0 aromatic heterocycles. The molecule has 0 radical (unpaired) electrons. The van der Waals surface area contributed by atoms with E-state index in [-0.39, 0.29) is 5.91 Å². The van der Waals surface area contributed by atoms with Crippen molar-refractivity contribution >= 4 is 5.91 Å². The number of hydrogen-bond acceptors (Lipinski definition) is 1. The Kier molecular flexibility index (Phi) is 2.92. The highest BCUT2D eigenvalue weighted by molar-refractivity contribution is 5.75. The third kappa shape index (κ3) is 2.52. The topological polar surface area (TPSA) is 29.1 Å². The van der Waals surface area contributed by atoms with Crippen LogP contribution in [0.2, 0.25) is 0 Å². The van der Waals surface area contributed by atoms with E-state index in [2.05, 4.69) is 12.2 Å². The highest BCUT2D eigenvalue weighted by Crippen LogP contribution is 2.40. The zero-order valence-corrected chi connectivity index (χ0v) is 7.39. The first-order valence-corrected chi connectivity index (χ1v) is 4.54. The van der Waals surface area contributed by atoms with Gasteiger partial charge in [0.1, 0.15) is 0 Å². The van der Waals surface area contributed by atoms with Crippen LogP contribution in [0.3, 0.4) is 0 Å². The number of carbonyl (C=O) groups is 1. The molecule has 0 bridgehead atoms. The van der Waals surface area contributed by atoms with E-state index in [9.17, 15) is 4.79 Å². The van der Waals surface area contributed by atoms with Gasteiger partial charge in [0.25, 0.3) is 0 Å². The average Bonchev–Trinajstić information content (AvgIpc) is 2.78. The Hall–Kier alpha value is -0.530. The van der Waals surface area contributed by atoms with Crippen molar-refractivity contribution in [3.63, 3.8) is 0 Å². The summed E-state index contributed by atoms with van der Waals surface area (Å²) in [6.07, 6.45) is 3.21. The molecule has 0 aromatic carbocycles. The van der Waals surface area contributed by atoms with Crippen molar-refractivity contribution in [2.45, 2.75) is 33.1 Å². The fraction of sp³-hybridized carbons (Fsp3) is 0.889. The fourth-order valence-corrected chi connectivity index (χ4v) is 1.43. The standard InChI is InChI=1S/C9H17NO/c1-3-7-5-8(7)6-10-9(11)4-2/h7-8H,3-6H2,1-2H3,(H,10,11). The van der Waals surface area contributed by atoms with Crippen LogP contribution in [-0.4, -0.2) is 12.5 Å². The van der Waals surface area contributed by atoms with E-state index in [1.165, 1.54) is 12.8 Å². The molecular weight excluding hydrogens is 138 g/mol. The summed E-state index contributed by atoms with van der Waals surface area (Å²) in [7, 11) is 0. The van der Waals surface area contributed by atoms with Crippen molar-refractivity contribution in [1.82, 2.24) is 5.32 Å². The third-order valence-corrected chi connectivity index (χ3v) is 2.48. The summed E-state index contributed by atoms with van der Waals surface area (Å²) in [5.74, 6) is 1.87. The summed E-state index contributed by atoms with van der Waals surface area (Å²) in [6.45, 7) is 5.01. The van der Waals surface area contributed by atoms with Gasteiger partial charge in [0, 0.05) is 13.0 Å². The molecule has 0 aromatic rings. The highest BCUT2D eigenvalue weighted by atomic mass is 16.1. The van der Waals surface area contributed by atoms with E-state index in [1.807, 2.05) is 6.92 Å². The van der Waals surface area contributed by atoms with Gasteiger partial charge >= 0.3 is 0 Å². The van der Waals surface area contributed by atoms with E-state index >= 15 is 0 Å². The molecule has 0 heterocycles. The van der Waals surface area contributed by atoms with Crippen LogP contribution < -0.4 is 5.32 Å². The van der Waals surface area contributed by atoms with Crippen molar-refractivity contribution in [2.24, 2.45) is 11.8 Å². The van der Waals surface area contributed by atoms with Gasteiger partial charge in [-0.3, -0.25) is 4.79 Å². The largest absolute Gasteiger partial charge is 0.356 e. The Balaban J connectivity index is 2.01. The molecule has 2 unspecified atom stereocenters. The van der Waals surface area contributed by atoms with Gasteiger partial charge in [-0.25, -0.2) is 0 Å². The summed E-state index contributed by atoms with van der Waals surface area (Å²) in [4.78, 5) is 10.8. The van der Waals surface area contributed by atoms with E-state index in [0.717, 1.165) is 18.4 Å². The van der Waals surface area contributed by atoms with Gasteiger partial charge in [-0.1, -0.05) is 20.3 Å². The molecule has 1 rings (SSSR count). The SMILES string of the molecule is CCC(=O)NCC1CC1CC. The van der Waals surface area contributed by atoms with Crippen molar-refractivity contribution in [1.29, 1.82) is 0 Å². The van der Waals surface area contributed by atoms with Crippen LogP contribution in [0, 0.1) is 11.8 Å². The third-order valence-electron chi connectivity index (χ3n) is 2.48. The van der Waals surface area contributed by atoms with Crippen LogP contribution in [0.25, 0.3) is 0 Å². The van der Waals surface area contributed by atoms with Crippen molar-refractivity contribution in [3.8, 4) is 0 Å². The Morgan fingerprint density at radius 3 is 2.64 bits per heavy atom. The molecule has 1 saturated carbocycles. The summed E-state index contributed by atoms with van der Waals surface area (Å²) in [5.41, 5.74) is 0. The first kappa shape index (κ1) is 8.57. The molecule has 11 heavy (non-hydrogen) atoms. The van der Waals surface area contributed by atoms with Crippen molar-refractivity contribution in [3.05, 3.63) is 0 Å². The van der Waals surface area contributed by atoms with Gasteiger partial charge in [0.15, 0.2) is 0 Å². The molecule has 2 heteroatoms. The summed E-state index contributed by atoms with van der Waals surface area (Å²) in [6, 6.07) is 0. The Labute approximate surface area is 68.4 Å². The average molecular weight is 155 g/mol. The maximum atomic E-state index is 10.8. The number of carbonyl (C=O) groups excluding carboxylic acids is 1. The van der Waals surface area contributed by atoms with Crippen LogP contribution >= 0.6 is 0 Å². The quantitative estimate of drug-likeness (QED) is 0.656. The second-order valence-corrected chi connectivity index (χ2v) is 3.32. The Bertz CT molecular complexity index is 144. The lowest BCUT2D eigenvalue weighted by Crippen LogP contribution is -2.24. The predicted molar refractivity (Wildman–Crippen MR) is 45.2 cm³/mol. The molecule has 1 N–H and O–H groups in total. The monoisotopic (exact) mass is 155 g/mol. The van der Waals surface area contributed by atoms with E-state index in [0.29, 0.717) is 6.42 Å².